The highest BCUT2D eigenvalue weighted by molar-refractivity contribution is 5.66. The number of rotatable bonds is 8. The third-order valence-electron chi connectivity index (χ3n) is 21.1. The molecule has 3 unspecified atom stereocenters. The molecule has 1 aromatic rings. The van der Waals surface area contributed by atoms with E-state index in [0.29, 0.717) is 41.1 Å². The van der Waals surface area contributed by atoms with Gasteiger partial charge in [-0.05, 0) is 148 Å². The molecule has 2 saturated heterocycles. The summed E-state index contributed by atoms with van der Waals surface area (Å²) >= 11 is 0. The van der Waals surface area contributed by atoms with Gasteiger partial charge in [0.1, 0.15) is 0 Å². The number of ether oxygens (including phenoxy) is 4. The van der Waals surface area contributed by atoms with E-state index in [1.807, 2.05) is 0 Å². The molecule has 61 heavy (non-hydrogen) atoms. The van der Waals surface area contributed by atoms with E-state index in [9.17, 15) is 9.90 Å². The van der Waals surface area contributed by atoms with Gasteiger partial charge in [0.15, 0.2) is 11.9 Å². The quantitative estimate of drug-likeness (QED) is 0.261. The molecule has 9 rings (SSSR count). The molecule has 2 aliphatic heterocycles. The lowest BCUT2D eigenvalue weighted by Gasteiger charge is -2.64. The lowest BCUT2D eigenvalue weighted by Crippen LogP contribution is -2.62. The van der Waals surface area contributed by atoms with Gasteiger partial charge in [-0.3, -0.25) is 9.69 Å². The third kappa shape index (κ3) is 5.73. The Morgan fingerprint density at radius 3 is 2.15 bits per heavy atom. The first-order valence-corrected chi connectivity index (χ1v) is 24.5. The van der Waals surface area contributed by atoms with E-state index in [1.54, 1.807) is 13.8 Å². The normalized spacial score (nSPS) is 47.5. The number of hydrogen-bond donors (Lipinski definition) is 1. The Morgan fingerprint density at radius 1 is 0.902 bits per heavy atom. The van der Waals surface area contributed by atoms with Gasteiger partial charge in [0, 0.05) is 24.4 Å². The minimum Gasteiger partial charge on any atom is -0.457 e. The average Bonchev–Trinajstić information content (AvgIpc) is 3.98. The summed E-state index contributed by atoms with van der Waals surface area (Å²) in [5.74, 6) is 1.32. The molecular weight excluding hydrogens is 759 g/mol. The van der Waals surface area contributed by atoms with Crippen molar-refractivity contribution >= 4 is 5.97 Å². The zero-order chi connectivity index (χ0) is 44.0. The lowest BCUT2D eigenvalue weighted by atomic mass is 9.40. The van der Waals surface area contributed by atoms with Crippen LogP contribution in [0.4, 0.5) is 0 Å². The predicted octanol–water partition coefficient (Wildman–Crippen LogP) is 11.1. The molecular formula is C54H81NO6. The molecule has 0 radical (unpaired) electrons. The maximum absolute atomic E-state index is 12.4. The van der Waals surface area contributed by atoms with Crippen LogP contribution in [0.15, 0.2) is 54.6 Å². The first-order valence-electron chi connectivity index (χ1n) is 24.5. The Balaban J connectivity index is 0.980. The van der Waals surface area contributed by atoms with Gasteiger partial charge in [-0.15, -0.1) is 0 Å². The summed E-state index contributed by atoms with van der Waals surface area (Å²) in [5, 5.41) is 11.4. The van der Waals surface area contributed by atoms with E-state index in [4.69, 9.17) is 18.9 Å². The van der Waals surface area contributed by atoms with Crippen molar-refractivity contribution in [2.75, 3.05) is 19.7 Å². The molecule has 0 bridgehead atoms. The number of esters is 1. The van der Waals surface area contributed by atoms with Gasteiger partial charge in [0.05, 0.1) is 37.1 Å². The van der Waals surface area contributed by atoms with Crippen molar-refractivity contribution in [1.82, 2.24) is 4.90 Å². The molecule has 8 fully saturated rings. The highest BCUT2D eigenvalue weighted by atomic mass is 16.7. The van der Waals surface area contributed by atoms with Gasteiger partial charge in [-0.25, -0.2) is 0 Å². The van der Waals surface area contributed by atoms with Crippen LogP contribution in [0.1, 0.15) is 153 Å². The topological polar surface area (TPSA) is 77.5 Å². The number of aliphatic hydroxyl groups is 1. The number of hydrogen-bond acceptors (Lipinski definition) is 7. The smallest absolute Gasteiger partial charge is 0.303 e. The summed E-state index contributed by atoms with van der Waals surface area (Å²) in [5.41, 5.74) is 1.08. The summed E-state index contributed by atoms with van der Waals surface area (Å²) in [6.07, 6.45) is 9.77. The highest BCUT2D eigenvalue weighted by Gasteiger charge is 2.93. The fourth-order valence-electron chi connectivity index (χ4n) is 18.4. The van der Waals surface area contributed by atoms with Crippen molar-refractivity contribution in [3.8, 4) is 0 Å². The molecule has 3 spiro atoms. The molecule has 6 aliphatic carbocycles. The van der Waals surface area contributed by atoms with Crippen LogP contribution in [0.2, 0.25) is 0 Å². The third-order valence-corrected chi connectivity index (χ3v) is 21.1. The largest absolute Gasteiger partial charge is 0.457 e. The van der Waals surface area contributed by atoms with Crippen molar-refractivity contribution in [1.29, 1.82) is 0 Å². The summed E-state index contributed by atoms with van der Waals surface area (Å²) < 4.78 is 27.4. The number of fused-ring (bicyclic) bond motifs is 2. The molecule has 8 aliphatic rings. The second-order valence-electron chi connectivity index (χ2n) is 24.4. The molecule has 15 atom stereocenters. The maximum Gasteiger partial charge on any atom is 0.303 e. The molecule has 7 heteroatoms. The van der Waals surface area contributed by atoms with Crippen LogP contribution in [0.25, 0.3) is 0 Å². The van der Waals surface area contributed by atoms with Crippen LogP contribution < -0.4 is 0 Å². The SMILES string of the molecule is CC[C@H]1C2OC([C@H](OC(C)=O)C(C)(C)O)C[C@@]3(C)C[C@@]23[C@@]2(C)CC[C@]34C(CC[C@H]5C(C)(C)[C@@H](O[C@@]6(C)CN(C(C)(C)c7ccccccccc7)CCO6)CC[C@@]53[C@H]4C)[C@]12C. The van der Waals surface area contributed by atoms with Crippen LogP contribution >= 0.6 is 0 Å². The van der Waals surface area contributed by atoms with Gasteiger partial charge < -0.3 is 24.1 Å². The van der Waals surface area contributed by atoms with Crippen LogP contribution in [0.5, 0.6) is 0 Å². The number of carbonyl (C=O) groups excluding carboxylic acids is 1. The van der Waals surface area contributed by atoms with Crippen LogP contribution in [-0.2, 0) is 29.3 Å². The molecule has 338 valence electrons. The van der Waals surface area contributed by atoms with E-state index in [1.165, 1.54) is 51.0 Å². The number of carbonyl (C=O) groups is 1. The van der Waals surface area contributed by atoms with Gasteiger partial charge >= 0.3 is 5.97 Å². The van der Waals surface area contributed by atoms with Crippen molar-refractivity contribution in [3.63, 3.8) is 0 Å². The first-order chi connectivity index (χ1) is 28.5. The van der Waals surface area contributed by atoms with E-state index >= 15 is 0 Å². The van der Waals surface area contributed by atoms with Gasteiger partial charge in [0.25, 0.3) is 0 Å². The van der Waals surface area contributed by atoms with Crippen molar-refractivity contribution in [2.45, 2.75) is 189 Å². The van der Waals surface area contributed by atoms with Crippen LogP contribution in [0.3, 0.4) is 0 Å². The maximum atomic E-state index is 12.4. The van der Waals surface area contributed by atoms with Gasteiger partial charge in [-0.2, -0.15) is 0 Å². The second kappa shape index (κ2) is 14.0. The fourth-order valence-corrected chi connectivity index (χ4v) is 18.4. The summed E-state index contributed by atoms with van der Waals surface area (Å²) in [6, 6.07) is 19.2. The first kappa shape index (κ1) is 44.2. The molecule has 6 saturated carbocycles. The molecule has 7 nitrogen and oxygen atoms in total. The Bertz CT molecular complexity index is 1930. The summed E-state index contributed by atoms with van der Waals surface area (Å²) in [4.78, 5) is 15.0. The van der Waals surface area contributed by atoms with Crippen molar-refractivity contribution in [2.24, 2.45) is 61.6 Å². The second-order valence-corrected chi connectivity index (χ2v) is 24.4. The summed E-state index contributed by atoms with van der Waals surface area (Å²) in [7, 11) is 0. The predicted molar refractivity (Wildman–Crippen MR) is 241 cm³/mol. The zero-order valence-corrected chi connectivity index (χ0v) is 40.2. The monoisotopic (exact) mass is 840 g/mol. The van der Waals surface area contributed by atoms with Gasteiger partial charge in [-0.1, -0.05) is 109 Å². The highest BCUT2D eigenvalue weighted by Crippen LogP contribution is 2.97. The molecule has 1 aromatic carbocycles. The minimum atomic E-state index is -1.19. The number of nitrogens with zero attached hydrogens (tertiary/aromatic N) is 1. The molecule has 0 aromatic heterocycles. The lowest BCUT2D eigenvalue weighted by molar-refractivity contribution is -0.310. The fraction of sp³-hybridized carbons (Fsp3) is 0.796. The van der Waals surface area contributed by atoms with Crippen molar-refractivity contribution in [3.05, 3.63) is 60.2 Å². The van der Waals surface area contributed by atoms with Gasteiger partial charge in [0.2, 0.25) is 0 Å². The van der Waals surface area contributed by atoms with Crippen LogP contribution in [0, 0.1) is 61.6 Å². The Kier molecular flexibility index (Phi) is 10.1. The molecule has 0 amide bonds. The summed E-state index contributed by atoms with van der Waals surface area (Å²) in [6.45, 7) is 32.3. The zero-order valence-electron chi connectivity index (χ0n) is 40.2. The van der Waals surface area contributed by atoms with Crippen LogP contribution in [-0.4, -0.2) is 71.5 Å². The number of morpholine rings is 1. The standard InChI is InChI=1S/C54H81NO6/c1-14-38-43-54(33-48(54,10)32-39(60-43)44(47(8,9)57)59-36(3)56)49(11)28-29-53-35(2)52(53)27-26-42(45(4,5)40(52)24-25-41(53)51(38,49)13)61-50(12)34-55(30-31-58-50)46(6,7)37-22-20-18-16-15-17-19-21-23-37/h15-23,35,38-44,57H,14,24-34H2,1-13H3/t35-,38+,39?,40+,41?,42+,43?,44+,48+,49+,50+,51+,52-,53+,54-/m1/s1. The van der Waals surface area contributed by atoms with E-state index in [2.05, 4.69) is 129 Å². The Hall–Kier alpha value is -2.03. The average molecular weight is 840 g/mol. The molecule has 2 heterocycles. The Labute approximate surface area is 369 Å². The van der Waals surface area contributed by atoms with E-state index in [0.717, 1.165) is 32.4 Å². The van der Waals surface area contributed by atoms with E-state index in [-0.39, 0.29) is 56.9 Å². The minimum absolute atomic E-state index is 0.0136. The van der Waals surface area contributed by atoms with E-state index < -0.39 is 17.5 Å². The van der Waals surface area contributed by atoms with Crippen molar-refractivity contribution < 1.29 is 28.8 Å². The molecule has 1 N–H and O–H groups in total. The Morgan fingerprint density at radius 2 is 1.52 bits per heavy atom.